The monoisotopic (exact) mass is 263 g/mol. The van der Waals surface area contributed by atoms with Gasteiger partial charge in [-0.2, -0.15) is 0 Å². The molecule has 19 heavy (non-hydrogen) atoms. The van der Waals surface area contributed by atoms with Crippen molar-refractivity contribution < 1.29 is 4.39 Å². The zero-order valence-electron chi connectivity index (χ0n) is 10.5. The molecule has 0 bridgehead atoms. The number of nitrogens with zero attached hydrogens (tertiary/aromatic N) is 2. The Balaban J connectivity index is 2.00. The third kappa shape index (κ3) is 3.09. The van der Waals surface area contributed by atoms with Gasteiger partial charge in [-0.15, -0.1) is 0 Å². The van der Waals surface area contributed by atoms with Crippen LogP contribution < -0.4 is 16.4 Å². The molecule has 0 fully saturated rings. The molecule has 0 spiro atoms. The van der Waals surface area contributed by atoms with Crippen LogP contribution in [0, 0.1) is 5.82 Å². The van der Waals surface area contributed by atoms with Crippen LogP contribution in [0.5, 0.6) is 0 Å². The lowest BCUT2D eigenvalue weighted by atomic mass is 10.3. The fourth-order valence-corrected chi connectivity index (χ4v) is 1.65. The fraction of sp³-hybridized carbons (Fsp3) is 0.231. The van der Waals surface area contributed by atoms with Gasteiger partial charge in [0.25, 0.3) is 0 Å². The molecule has 1 heterocycles. The summed E-state index contributed by atoms with van der Waals surface area (Å²) in [6, 6.07) is 5.93. The van der Waals surface area contributed by atoms with Gasteiger partial charge in [-0.05, 0) is 24.3 Å². The smallest absolute Gasteiger partial charge is 0.316 e. The van der Waals surface area contributed by atoms with E-state index in [1.165, 1.54) is 28.3 Å². The summed E-state index contributed by atoms with van der Waals surface area (Å²) in [5, 5.41) is 3.05. The first-order chi connectivity index (χ1) is 9.08. The predicted molar refractivity (Wildman–Crippen MR) is 70.8 cm³/mol. The number of aromatic nitrogens is 2. The molecule has 6 heteroatoms. The highest BCUT2D eigenvalue weighted by Crippen LogP contribution is 2.07. The van der Waals surface area contributed by atoms with Gasteiger partial charge in [0.15, 0.2) is 0 Å². The van der Waals surface area contributed by atoms with Gasteiger partial charge in [-0.25, -0.2) is 4.39 Å². The molecule has 2 aromatic rings. The van der Waals surface area contributed by atoms with E-state index in [0.29, 0.717) is 13.1 Å². The van der Waals surface area contributed by atoms with E-state index in [1.54, 1.807) is 24.5 Å². The lowest BCUT2D eigenvalue weighted by Crippen LogP contribution is -2.40. The summed E-state index contributed by atoms with van der Waals surface area (Å²) in [7, 11) is 1.53. The lowest BCUT2D eigenvalue weighted by molar-refractivity contribution is 0.627. The number of aryl methyl sites for hydroxylation is 1. The quantitative estimate of drug-likeness (QED) is 0.830. The number of benzene rings is 1. The average molecular weight is 263 g/mol. The first-order valence-corrected chi connectivity index (χ1v) is 5.83. The first kappa shape index (κ1) is 13.1. The van der Waals surface area contributed by atoms with E-state index in [0.717, 1.165) is 5.69 Å². The summed E-state index contributed by atoms with van der Waals surface area (Å²) in [6.45, 7) is 0.838. The van der Waals surface area contributed by atoms with Gasteiger partial charge in [0.05, 0.1) is 0 Å². The summed E-state index contributed by atoms with van der Waals surface area (Å²) in [5.41, 5.74) is -0.339. The molecule has 1 aromatic heterocycles. The minimum atomic E-state index is -0.552. The standard InChI is InChI=1S/C13H14FN3O2/c1-16-8-9-17(13(19)12(16)18)7-6-15-11-4-2-10(14)3-5-11/h2-5,8-9,15H,6-7H2,1H3. The second kappa shape index (κ2) is 5.51. The van der Waals surface area contributed by atoms with Crippen LogP contribution in [0.4, 0.5) is 10.1 Å². The molecular formula is C13H14FN3O2. The van der Waals surface area contributed by atoms with Gasteiger partial charge >= 0.3 is 11.1 Å². The Hall–Kier alpha value is -2.37. The van der Waals surface area contributed by atoms with Crippen LogP contribution in [-0.2, 0) is 13.6 Å². The van der Waals surface area contributed by atoms with E-state index in [9.17, 15) is 14.0 Å². The number of halogens is 1. The molecule has 0 saturated heterocycles. The number of rotatable bonds is 4. The number of nitrogens with one attached hydrogen (secondary N) is 1. The third-order valence-corrected chi connectivity index (χ3v) is 2.76. The van der Waals surface area contributed by atoms with Crippen molar-refractivity contribution in [2.45, 2.75) is 6.54 Å². The summed E-state index contributed by atoms with van der Waals surface area (Å²) < 4.78 is 15.3. The summed E-state index contributed by atoms with van der Waals surface area (Å²) >= 11 is 0. The second-order valence-corrected chi connectivity index (χ2v) is 4.15. The van der Waals surface area contributed by atoms with Crippen molar-refractivity contribution in [3.63, 3.8) is 0 Å². The van der Waals surface area contributed by atoms with Gasteiger partial charge < -0.3 is 14.5 Å². The van der Waals surface area contributed by atoms with Gasteiger partial charge in [-0.3, -0.25) is 9.59 Å². The van der Waals surface area contributed by atoms with Crippen molar-refractivity contribution in [1.82, 2.24) is 9.13 Å². The van der Waals surface area contributed by atoms with Crippen molar-refractivity contribution >= 4 is 5.69 Å². The molecule has 5 nitrogen and oxygen atoms in total. The van der Waals surface area contributed by atoms with Crippen molar-refractivity contribution in [2.75, 3.05) is 11.9 Å². The number of hydrogen-bond acceptors (Lipinski definition) is 3. The Bertz CT molecular complexity index is 674. The van der Waals surface area contributed by atoms with Crippen molar-refractivity contribution in [3.8, 4) is 0 Å². The molecule has 1 N–H and O–H groups in total. The normalized spacial score (nSPS) is 10.4. The lowest BCUT2D eigenvalue weighted by Gasteiger charge is -2.08. The molecule has 0 saturated carbocycles. The number of hydrogen-bond donors (Lipinski definition) is 1. The van der Waals surface area contributed by atoms with Gasteiger partial charge in [-0.1, -0.05) is 0 Å². The summed E-state index contributed by atoms with van der Waals surface area (Å²) in [6.07, 6.45) is 3.11. The summed E-state index contributed by atoms with van der Waals surface area (Å²) in [5.74, 6) is -0.298. The van der Waals surface area contributed by atoms with E-state index in [2.05, 4.69) is 5.32 Å². The van der Waals surface area contributed by atoms with Gasteiger partial charge in [0, 0.05) is 38.2 Å². The Morgan fingerprint density at radius 2 is 1.79 bits per heavy atom. The Morgan fingerprint density at radius 1 is 1.11 bits per heavy atom. The zero-order valence-corrected chi connectivity index (χ0v) is 10.5. The van der Waals surface area contributed by atoms with Crippen LogP contribution in [0.2, 0.25) is 0 Å². The SMILES string of the molecule is Cn1ccn(CCNc2ccc(F)cc2)c(=O)c1=O. The third-order valence-electron chi connectivity index (χ3n) is 2.76. The van der Waals surface area contributed by atoms with Crippen molar-refractivity contribution in [2.24, 2.45) is 7.05 Å². The minimum Gasteiger partial charge on any atom is -0.383 e. The average Bonchev–Trinajstić information content (AvgIpc) is 2.41. The molecule has 0 aliphatic rings. The fourth-order valence-electron chi connectivity index (χ4n) is 1.65. The molecule has 0 aliphatic heterocycles. The Labute approximate surface area is 108 Å². The molecule has 100 valence electrons. The van der Waals surface area contributed by atoms with Crippen LogP contribution in [0.25, 0.3) is 0 Å². The molecule has 2 rings (SSSR count). The maximum Gasteiger partial charge on any atom is 0.316 e. The number of anilines is 1. The highest BCUT2D eigenvalue weighted by molar-refractivity contribution is 5.42. The second-order valence-electron chi connectivity index (χ2n) is 4.15. The van der Waals surface area contributed by atoms with E-state index in [-0.39, 0.29) is 5.82 Å². The topological polar surface area (TPSA) is 56.0 Å². The molecule has 0 aliphatic carbocycles. The van der Waals surface area contributed by atoms with Crippen LogP contribution in [0.1, 0.15) is 0 Å². The van der Waals surface area contributed by atoms with E-state index >= 15 is 0 Å². The molecule has 0 atom stereocenters. The highest BCUT2D eigenvalue weighted by atomic mass is 19.1. The summed E-state index contributed by atoms with van der Waals surface area (Å²) in [4.78, 5) is 23.1. The zero-order chi connectivity index (χ0) is 13.8. The van der Waals surface area contributed by atoms with Crippen molar-refractivity contribution in [3.05, 3.63) is 63.2 Å². The van der Waals surface area contributed by atoms with Crippen LogP contribution in [0.15, 0.2) is 46.2 Å². The van der Waals surface area contributed by atoms with Gasteiger partial charge in [0.2, 0.25) is 0 Å². The van der Waals surface area contributed by atoms with E-state index in [1.807, 2.05) is 0 Å². The van der Waals surface area contributed by atoms with Crippen LogP contribution in [-0.4, -0.2) is 15.7 Å². The largest absolute Gasteiger partial charge is 0.383 e. The maximum absolute atomic E-state index is 12.7. The maximum atomic E-state index is 12.7. The van der Waals surface area contributed by atoms with E-state index < -0.39 is 11.1 Å². The highest BCUT2D eigenvalue weighted by Gasteiger charge is 2.01. The van der Waals surface area contributed by atoms with Gasteiger partial charge in [0.1, 0.15) is 5.82 Å². The van der Waals surface area contributed by atoms with E-state index in [4.69, 9.17) is 0 Å². The molecule has 0 unspecified atom stereocenters. The molecule has 0 amide bonds. The molecular weight excluding hydrogens is 249 g/mol. The molecule has 1 aromatic carbocycles. The minimum absolute atomic E-state index is 0.298. The molecule has 0 radical (unpaired) electrons. The predicted octanol–water partition coefficient (Wildman–Crippen LogP) is 0.798. The van der Waals surface area contributed by atoms with Crippen LogP contribution in [0.3, 0.4) is 0 Å². The Kier molecular flexibility index (Phi) is 3.79. The van der Waals surface area contributed by atoms with Crippen molar-refractivity contribution in [1.29, 1.82) is 0 Å². The van der Waals surface area contributed by atoms with Crippen LogP contribution >= 0.6 is 0 Å². The Morgan fingerprint density at radius 3 is 2.47 bits per heavy atom. The first-order valence-electron chi connectivity index (χ1n) is 5.83.